The Labute approximate surface area is 176 Å². The quantitative estimate of drug-likeness (QED) is 0.539. The van der Waals surface area contributed by atoms with E-state index in [0.29, 0.717) is 33.8 Å². The maximum absolute atomic E-state index is 12.6. The van der Waals surface area contributed by atoms with Crippen LogP contribution in [0.5, 0.6) is 17.2 Å². The summed E-state index contributed by atoms with van der Waals surface area (Å²) in [5.74, 6) is 1.08. The summed E-state index contributed by atoms with van der Waals surface area (Å²) in [5.41, 5.74) is 0.832. The van der Waals surface area contributed by atoms with Crippen LogP contribution in [-0.4, -0.2) is 42.4 Å². The lowest BCUT2D eigenvalue weighted by Gasteiger charge is -2.27. The maximum atomic E-state index is 12.6. The van der Waals surface area contributed by atoms with Gasteiger partial charge in [0.05, 0.1) is 0 Å². The number of anilines is 1. The summed E-state index contributed by atoms with van der Waals surface area (Å²) in [7, 11) is 0. The second kappa shape index (κ2) is 9.82. The fraction of sp³-hybridized carbons (Fsp3) is 0.350. The number of carbonyl (C=O) groups excluding carboxylic acids is 1. The fourth-order valence-electron chi connectivity index (χ4n) is 2.99. The van der Waals surface area contributed by atoms with Gasteiger partial charge in [-0.25, -0.2) is 4.79 Å². The number of phenols is 1. The molecule has 0 radical (unpaired) electrons. The van der Waals surface area contributed by atoms with E-state index in [1.165, 1.54) is 6.07 Å². The van der Waals surface area contributed by atoms with Crippen LogP contribution in [0.2, 0.25) is 0 Å². The maximum Gasteiger partial charge on any atom is 0.412 e. The standard InChI is InChI=1S/C20H22BrNO7/c1-2-26-17(7-8-23)19(14-9-12(21)3-5-15(14)24)29-20(25)22-13-4-6-16-18(10-13)28-11-27-16/h3-6,9-10,17,19,23-24H,2,7-8,11H2,1H3,(H,22,25)/t17-,19-/m0/s1. The first-order valence-corrected chi connectivity index (χ1v) is 9.89. The molecule has 29 heavy (non-hydrogen) atoms. The van der Waals surface area contributed by atoms with Crippen LogP contribution in [0.15, 0.2) is 40.9 Å². The van der Waals surface area contributed by atoms with E-state index in [4.69, 9.17) is 18.9 Å². The molecule has 1 amide bonds. The van der Waals surface area contributed by atoms with Crippen LogP contribution in [-0.2, 0) is 9.47 Å². The summed E-state index contributed by atoms with van der Waals surface area (Å²) in [6, 6.07) is 9.79. The van der Waals surface area contributed by atoms with E-state index in [9.17, 15) is 15.0 Å². The van der Waals surface area contributed by atoms with Crippen molar-refractivity contribution in [3.63, 3.8) is 0 Å². The van der Waals surface area contributed by atoms with Crippen molar-refractivity contribution in [1.82, 2.24) is 0 Å². The Hall–Kier alpha value is -2.49. The van der Waals surface area contributed by atoms with E-state index in [0.717, 1.165) is 0 Å². The van der Waals surface area contributed by atoms with E-state index in [-0.39, 0.29) is 25.6 Å². The Balaban J connectivity index is 1.81. The molecule has 0 aromatic heterocycles. The largest absolute Gasteiger partial charge is 0.508 e. The van der Waals surface area contributed by atoms with Crippen LogP contribution in [0.25, 0.3) is 0 Å². The molecule has 1 aliphatic rings. The van der Waals surface area contributed by atoms with Crippen molar-refractivity contribution >= 4 is 27.7 Å². The van der Waals surface area contributed by atoms with Gasteiger partial charge in [0.1, 0.15) is 11.9 Å². The van der Waals surface area contributed by atoms with Gasteiger partial charge in [-0.15, -0.1) is 0 Å². The van der Waals surface area contributed by atoms with Gasteiger partial charge in [-0.1, -0.05) is 15.9 Å². The Morgan fingerprint density at radius 2 is 2.03 bits per heavy atom. The van der Waals surface area contributed by atoms with Gasteiger partial charge in [-0.2, -0.15) is 0 Å². The fourth-order valence-corrected chi connectivity index (χ4v) is 3.37. The minimum atomic E-state index is -0.936. The number of hydrogen-bond donors (Lipinski definition) is 3. The highest BCUT2D eigenvalue weighted by Gasteiger charge is 2.30. The average Bonchev–Trinajstić information content (AvgIpc) is 3.16. The Bertz CT molecular complexity index is 855. The molecule has 2 atom stereocenters. The number of rotatable bonds is 8. The molecule has 0 unspecified atom stereocenters. The molecular weight excluding hydrogens is 446 g/mol. The molecule has 2 aromatic carbocycles. The van der Waals surface area contributed by atoms with Crippen molar-refractivity contribution in [1.29, 1.82) is 0 Å². The molecule has 3 N–H and O–H groups in total. The molecule has 1 heterocycles. The number of aliphatic hydroxyl groups excluding tert-OH is 1. The number of phenolic OH excluding ortho intramolecular Hbond substituents is 1. The SMILES string of the molecule is CCO[C@@H](CCO)[C@@H](OC(=O)Nc1ccc2c(c1)OCO2)c1cc(Br)ccc1O. The van der Waals surface area contributed by atoms with Crippen molar-refractivity contribution in [3.8, 4) is 17.2 Å². The first-order chi connectivity index (χ1) is 14.0. The molecule has 0 saturated carbocycles. The lowest BCUT2D eigenvalue weighted by Crippen LogP contribution is -2.29. The van der Waals surface area contributed by atoms with E-state index >= 15 is 0 Å². The lowest BCUT2D eigenvalue weighted by molar-refractivity contribution is -0.0491. The predicted molar refractivity (Wildman–Crippen MR) is 108 cm³/mol. The molecule has 0 spiro atoms. The van der Waals surface area contributed by atoms with Gasteiger partial charge in [0.2, 0.25) is 6.79 Å². The summed E-state index contributed by atoms with van der Waals surface area (Å²) < 4.78 is 22.6. The summed E-state index contributed by atoms with van der Waals surface area (Å²) in [6.07, 6.45) is -2.10. The second-order valence-corrected chi connectivity index (χ2v) is 7.14. The van der Waals surface area contributed by atoms with Crippen LogP contribution in [0.4, 0.5) is 10.5 Å². The molecule has 0 saturated heterocycles. The third-order valence-electron chi connectivity index (χ3n) is 4.28. The van der Waals surface area contributed by atoms with Gasteiger partial charge in [-0.3, -0.25) is 5.32 Å². The number of aromatic hydroxyl groups is 1. The van der Waals surface area contributed by atoms with Crippen molar-refractivity contribution < 1.29 is 34.0 Å². The predicted octanol–water partition coefficient (Wildman–Crippen LogP) is 3.96. The highest BCUT2D eigenvalue weighted by atomic mass is 79.9. The third kappa shape index (κ3) is 5.31. The number of carbonyl (C=O) groups is 1. The average molecular weight is 468 g/mol. The van der Waals surface area contributed by atoms with Crippen LogP contribution < -0.4 is 14.8 Å². The van der Waals surface area contributed by atoms with Gasteiger partial charge in [0.15, 0.2) is 17.6 Å². The van der Waals surface area contributed by atoms with Gasteiger partial charge >= 0.3 is 6.09 Å². The summed E-state index contributed by atoms with van der Waals surface area (Å²) >= 11 is 3.36. The van der Waals surface area contributed by atoms with Gasteiger partial charge in [0.25, 0.3) is 0 Å². The van der Waals surface area contributed by atoms with Crippen LogP contribution in [0, 0.1) is 0 Å². The van der Waals surface area contributed by atoms with E-state index in [1.54, 1.807) is 37.3 Å². The van der Waals surface area contributed by atoms with Gasteiger partial charge < -0.3 is 29.2 Å². The van der Waals surface area contributed by atoms with Crippen molar-refractivity contribution in [2.45, 2.75) is 25.6 Å². The summed E-state index contributed by atoms with van der Waals surface area (Å²) in [4.78, 5) is 12.6. The Morgan fingerprint density at radius 3 is 2.79 bits per heavy atom. The zero-order valence-electron chi connectivity index (χ0n) is 15.8. The third-order valence-corrected chi connectivity index (χ3v) is 4.77. The van der Waals surface area contributed by atoms with Crippen molar-refractivity contribution in [2.24, 2.45) is 0 Å². The lowest BCUT2D eigenvalue weighted by atomic mass is 10.0. The molecule has 0 bridgehead atoms. The molecule has 2 aromatic rings. The zero-order valence-corrected chi connectivity index (χ0v) is 17.3. The molecule has 0 aliphatic carbocycles. The number of hydrogen-bond acceptors (Lipinski definition) is 7. The molecule has 8 nitrogen and oxygen atoms in total. The first-order valence-electron chi connectivity index (χ1n) is 9.10. The number of fused-ring (bicyclic) bond motifs is 1. The number of halogens is 1. The highest BCUT2D eigenvalue weighted by molar-refractivity contribution is 9.10. The molecule has 156 valence electrons. The Kier molecular flexibility index (Phi) is 7.18. The smallest absolute Gasteiger partial charge is 0.412 e. The van der Waals surface area contributed by atoms with Crippen LogP contribution in [0.1, 0.15) is 25.0 Å². The minimum absolute atomic E-state index is 0.0447. The van der Waals surface area contributed by atoms with E-state index < -0.39 is 18.3 Å². The van der Waals surface area contributed by atoms with E-state index in [2.05, 4.69) is 21.2 Å². The van der Waals surface area contributed by atoms with Crippen molar-refractivity contribution in [3.05, 3.63) is 46.4 Å². The molecule has 1 aliphatic heterocycles. The number of aliphatic hydroxyl groups is 1. The zero-order chi connectivity index (χ0) is 20.8. The van der Waals surface area contributed by atoms with Crippen LogP contribution in [0.3, 0.4) is 0 Å². The van der Waals surface area contributed by atoms with Crippen molar-refractivity contribution in [2.75, 3.05) is 25.3 Å². The summed E-state index contributed by atoms with van der Waals surface area (Å²) in [6.45, 7) is 2.12. The molecule has 9 heteroatoms. The topological polar surface area (TPSA) is 106 Å². The number of nitrogens with one attached hydrogen (secondary N) is 1. The van der Waals surface area contributed by atoms with Crippen LogP contribution >= 0.6 is 15.9 Å². The minimum Gasteiger partial charge on any atom is -0.508 e. The molecular formula is C20H22BrNO7. The number of benzene rings is 2. The van der Waals surface area contributed by atoms with Gasteiger partial charge in [-0.05, 0) is 37.3 Å². The highest BCUT2D eigenvalue weighted by Crippen LogP contribution is 2.36. The second-order valence-electron chi connectivity index (χ2n) is 6.23. The van der Waals surface area contributed by atoms with Gasteiger partial charge in [0, 0.05) is 41.4 Å². The number of amides is 1. The first kappa shape index (κ1) is 21.2. The monoisotopic (exact) mass is 467 g/mol. The normalized spacial score (nSPS) is 14.3. The number of ether oxygens (including phenoxy) is 4. The molecule has 3 rings (SSSR count). The Morgan fingerprint density at radius 1 is 1.24 bits per heavy atom. The summed E-state index contributed by atoms with van der Waals surface area (Å²) in [5, 5.41) is 22.4. The van der Waals surface area contributed by atoms with E-state index in [1.807, 2.05) is 0 Å². The molecule has 0 fully saturated rings.